The molecule has 0 radical (unpaired) electrons. The van der Waals surface area contributed by atoms with Gasteiger partial charge in [-0.2, -0.15) is 0 Å². The van der Waals surface area contributed by atoms with Crippen molar-refractivity contribution in [3.8, 4) is 5.75 Å². The van der Waals surface area contributed by atoms with Gasteiger partial charge in [-0.05, 0) is 62.6 Å². The molecule has 132 valence electrons. The Morgan fingerprint density at radius 1 is 1.00 bits per heavy atom. The molecule has 0 aliphatic heterocycles. The third kappa shape index (κ3) is 4.50. The molecular formula is C22H27NO2. The third-order valence-corrected chi connectivity index (χ3v) is 4.00. The summed E-state index contributed by atoms with van der Waals surface area (Å²) in [6.07, 6.45) is 0.112. The fourth-order valence-corrected chi connectivity index (χ4v) is 2.55. The van der Waals surface area contributed by atoms with E-state index >= 15 is 0 Å². The first-order chi connectivity index (χ1) is 11.8. The van der Waals surface area contributed by atoms with Crippen molar-refractivity contribution in [2.45, 2.75) is 40.7 Å². The van der Waals surface area contributed by atoms with E-state index in [-0.39, 0.29) is 17.9 Å². The van der Waals surface area contributed by atoms with Gasteiger partial charge in [-0.1, -0.05) is 38.6 Å². The minimum absolute atomic E-state index is 0.0608. The van der Waals surface area contributed by atoms with Crippen LogP contribution in [0.25, 0.3) is 0 Å². The molecular weight excluding hydrogens is 310 g/mol. The minimum Gasteiger partial charge on any atom is -0.491 e. The fraction of sp³-hybridized carbons (Fsp3) is 0.318. The number of hydrogen-bond acceptors (Lipinski definition) is 2. The number of benzene rings is 2. The van der Waals surface area contributed by atoms with Crippen LogP contribution in [0.4, 0.5) is 5.69 Å². The quantitative estimate of drug-likeness (QED) is 0.687. The van der Waals surface area contributed by atoms with Crippen molar-refractivity contribution < 1.29 is 9.53 Å². The van der Waals surface area contributed by atoms with Crippen molar-refractivity contribution in [2.24, 2.45) is 5.92 Å². The smallest absolute Gasteiger partial charge is 0.262 e. The van der Waals surface area contributed by atoms with Crippen LogP contribution in [0.15, 0.2) is 60.8 Å². The maximum atomic E-state index is 13.2. The van der Waals surface area contributed by atoms with E-state index in [0.29, 0.717) is 5.56 Å². The van der Waals surface area contributed by atoms with Crippen molar-refractivity contribution in [3.05, 3.63) is 71.9 Å². The molecule has 0 unspecified atom stereocenters. The Bertz CT molecular complexity index is 745. The molecule has 3 nitrogen and oxygen atoms in total. The van der Waals surface area contributed by atoms with Gasteiger partial charge in [0.25, 0.3) is 5.91 Å². The summed E-state index contributed by atoms with van der Waals surface area (Å²) >= 11 is 0. The molecule has 0 atom stereocenters. The van der Waals surface area contributed by atoms with Gasteiger partial charge in [-0.3, -0.25) is 9.69 Å². The summed E-state index contributed by atoms with van der Waals surface area (Å²) in [6.45, 7) is 14.2. The lowest BCUT2D eigenvalue weighted by Crippen LogP contribution is -2.32. The zero-order valence-corrected chi connectivity index (χ0v) is 15.7. The van der Waals surface area contributed by atoms with Crippen LogP contribution >= 0.6 is 0 Å². The van der Waals surface area contributed by atoms with Crippen molar-refractivity contribution in [2.75, 3.05) is 4.90 Å². The fourth-order valence-electron chi connectivity index (χ4n) is 2.55. The third-order valence-electron chi connectivity index (χ3n) is 4.00. The van der Waals surface area contributed by atoms with E-state index in [1.807, 2.05) is 83.1 Å². The van der Waals surface area contributed by atoms with Crippen LogP contribution in [-0.4, -0.2) is 12.0 Å². The second-order valence-electron chi connectivity index (χ2n) is 6.76. The van der Waals surface area contributed by atoms with Crippen molar-refractivity contribution in [3.63, 3.8) is 0 Å². The van der Waals surface area contributed by atoms with Gasteiger partial charge >= 0.3 is 0 Å². The van der Waals surface area contributed by atoms with E-state index in [2.05, 4.69) is 6.58 Å². The Hall–Kier alpha value is -2.55. The summed E-state index contributed by atoms with van der Waals surface area (Å²) in [7, 11) is 0. The van der Waals surface area contributed by atoms with Gasteiger partial charge in [0, 0.05) is 16.9 Å². The van der Waals surface area contributed by atoms with Gasteiger partial charge in [-0.25, -0.2) is 0 Å². The van der Waals surface area contributed by atoms with E-state index in [9.17, 15) is 4.79 Å². The average molecular weight is 337 g/mol. The maximum Gasteiger partial charge on any atom is 0.262 e. The number of nitrogens with zero attached hydrogens (tertiary/aromatic N) is 1. The molecule has 0 aliphatic carbocycles. The number of amides is 1. The molecule has 0 bridgehead atoms. The van der Waals surface area contributed by atoms with Crippen molar-refractivity contribution in [1.29, 1.82) is 0 Å². The Labute approximate surface area is 150 Å². The SMILES string of the molecule is C=C(C(C)C)N(C(=O)c1ccccc1C)c1ccc(OC(C)C)cc1. The van der Waals surface area contributed by atoms with Crippen LogP contribution in [0.1, 0.15) is 43.6 Å². The predicted octanol–water partition coefficient (Wildman–Crippen LogP) is 5.60. The molecule has 0 aromatic heterocycles. The number of carbonyl (C=O) groups is 1. The van der Waals surface area contributed by atoms with E-state index in [0.717, 1.165) is 22.7 Å². The summed E-state index contributed by atoms with van der Waals surface area (Å²) in [5.74, 6) is 0.881. The number of rotatable bonds is 6. The Balaban J connectivity index is 2.41. The van der Waals surface area contributed by atoms with Crippen LogP contribution in [0, 0.1) is 12.8 Å². The average Bonchev–Trinajstić information content (AvgIpc) is 2.56. The van der Waals surface area contributed by atoms with Crippen LogP contribution in [-0.2, 0) is 0 Å². The zero-order valence-electron chi connectivity index (χ0n) is 15.7. The number of ether oxygens (including phenoxy) is 1. The summed E-state index contributed by atoms with van der Waals surface area (Å²) in [6, 6.07) is 15.2. The predicted molar refractivity (Wildman–Crippen MR) is 104 cm³/mol. The normalized spacial score (nSPS) is 10.8. The Morgan fingerprint density at radius 3 is 2.12 bits per heavy atom. The summed E-state index contributed by atoms with van der Waals surface area (Å²) < 4.78 is 5.70. The molecule has 0 fully saturated rings. The first kappa shape index (κ1) is 18.8. The second kappa shape index (κ2) is 8.02. The summed E-state index contributed by atoms with van der Waals surface area (Å²) in [5.41, 5.74) is 3.20. The molecule has 2 aromatic rings. The van der Waals surface area contributed by atoms with Gasteiger partial charge in [0.05, 0.1) is 6.10 Å². The number of allylic oxidation sites excluding steroid dienone is 1. The molecule has 0 aliphatic rings. The largest absolute Gasteiger partial charge is 0.491 e. The molecule has 0 N–H and O–H groups in total. The van der Waals surface area contributed by atoms with E-state index in [1.54, 1.807) is 4.90 Å². The van der Waals surface area contributed by atoms with Crippen LogP contribution in [0.3, 0.4) is 0 Å². The molecule has 0 saturated carbocycles. The van der Waals surface area contributed by atoms with Gasteiger partial charge in [0.15, 0.2) is 0 Å². The van der Waals surface area contributed by atoms with E-state index < -0.39 is 0 Å². The van der Waals surface area contributed by atoms with Crippen LogP contribution < -0.4 is 9.64 Å². The molecule has 1 amide bonds. The van der Waals surface area contributed by atoms with E-state index in [4.69, 9.17) is 4.74 Å². The number of hydrogen-bond donors (Lipinski definition) is 0. The van der Waals surface area contributed by atoms with Crippen LogP contribution in [0.2, 0.25) is 0 Å². The Kier molecular flexibility index (Phi) is 6.02. The number of carbonyl (C=O) groups excluding carboxylic acids is 1. The summed E-state index contributed by atoms with van der Waals surface area (Å²) in [5, 5.41) is 0. The van der Waals surface area contributed by atoms with Crippen molar-refractivity contribution >= 4 is 11.6 Å². The lowest BCUT2D eigenvalue weighted by Gasteiger charge is -2.28. The van der Waals surface area contributed by atoms with Crippen molar-refractivity contribution in [1.82, 2.24) is 0 Å². The van der Waals surface area contributed by atoms with E-state index in [1.165, 1.54) is 0 Å². The lowest BCUT2D eigenvalue weighted by molar-refractivity contribution is 0.0992. The lowest BCUT2D eigenvalue weighted by atomic mass is 10.0. The molecule has 0 heterocycles. The highest BCUT2D eigenvalue weighted by molar-refractivity contribution is 6.09. The van der Waals surface area contributed by atoms with Gasteiger partial charge < -0.3 is 4.74 Å². The topological polar surface area (TPSA) is 29.5 Å². The molecule has 25 heavy (non-hydrogen) atoms. The minimum atomic E-state index is -0.0608. The summed E-state index contributed by atoms with van der Waals surface area (Å²) in [4.78, 5) is 14.9. The molecule has 2 rings (SSSR count). The zero-order chi connectivity index (χ0) is 18.6. The number of aryl methyl sites for hydroxylation is 1. The first-order valence-corrected chi connectivity index (χ1v) is 8.67. The monoisotopic (exact) mass is 337 g/mol. The second-order valence-corrected chi connectivity index (χ2v) is 6.76. The highest BCUT2D eigenvalue weighted by Gasteiger charge is 2.23. The highest BCUT2D eigenvalue weighted by Crippen LogP contribution is 2.28. The van der Waals surface area contributed by atoms with Gasteiger partial charge in [-0.15, -0.1) is 0 Å². The van der Waals surface area contributed by atoms with Gasteiger partial charge in [0.1, 0.15) is 5.75 Å². The van der Waals surface area contributed by atoms with Crippen LogP contribution in [0.5, 0.6) is 5.75 Å². The Morgan fingerprint density at radius 2 is 1.60 bits per heavy atom. The molecule has 2 aromatic carbocycles. The standard InChI is InChI=1S/C22H27NO2/c1-15(2)18(6)23(22(24)21-10-8-7-9-17(21)5)19-11-13-20(14-12-19)25-16(3)4/h7-16H,6H2,1-5H3. The maximum absolute atomic E-state index is 13.2. The molecule has 3 heteroatoms. The molecule has 0 saturated heterocycles. The first-order valence-electron chi connectivity index (χ1n) is 8.67. The highest BCUT2D eigenvalue weighted by atomic mass is 16.5. The molecule has 0 spiro atoms. The number of anilines is 1. The van der Waals surface area contributed by atoms with Gasteiger partial charge in [0.2, 0.25) is 0 Å².